The van der Waals surface area contributed by atoms with Crippen molar-refractivity contribution in [2.75, 3.05) is 0 Å². The van der Waals surface area contributed by atoms with Gasteiger partial charge in [-0.15, -0.1) is 0 Å². The first kappa shape index (κ1) is 13.1. The van der Waals surface area contributed by atoms with E-state index in [-0.39, 0.29) is 22.3 Å². The molecule has 0 unspecified atom stereocenters. The van der Waals surface area contributed by atoms with E-state index in [0.717, 1.165) is 19.3 Å². The van der Waals surface area contributed by atoms with Crippen LogP contribution >= 0.6 is 0 Å². The molecule has 2 rings (SSSR count). The lowest BCUT2D eigenvalue weighted by molar-refractivity contribution is 0.0661. The molecule has 100 valence electrons. The van der Waals surface area contributed by atoms with Gasteiger partial charge in [-0.25, -0.2) is 13.2 Å². The summed E-state index contributed by atoms with van der Waals surface area (Å²) in [5.74, 6) is -1.74. The second-order valence-electron chi connectivity index (χ2n) is 4.65. The molecule has 1 aliphatic carbocycles. The first-order valence-electron chi connectivity index (χ1n) is 6.02. The van der Waals surface area contributed by atoms with Crippen molar-refractivity contribution in [3.8, 4) is 0 Å². The van der Waals surface area contributed by atoms with Crippen LogP contribution in [0.3, 0.4) is 0 Å². The highest BCUT2D eigenvalue weighted by Crippen LogP contribution is 2.27. The average molecular weight is 272 g/mol. The second kappa shape index (κ2) is 5.14. The van der Waals surface area contributed by atoms with Crippen molar-refractivity contribution in [3.63, 3.8) is 0 Å². The lowest BCUT2D eigenvalue weighted by Crippen LogP contribution is -2.25. The maximum atomic E-state index is 12.2. The Balaban J connectivity index is 2.16. The lowest BCUT2D eigenvalue weighted by atomic mass is 10.0. The summed E-state index contributed by atoms with van der Waals surface area (Å²) in [4.78, 5) is 10.9. The zero-order valence-electron chi connectivity index (χ0n) is 9.96. The molecule has 5 nitrogen and oxygen atoms in total. The molecule has 0 radical (unpaired) electrons. The fraction of sp³-hybridized carbons (Fsp3) is 0.583. The molecule has 1 aliphatic rings. The third-order valence-electron chi connectivity index (χ3n) is 3.36. The maximum absolute atomic E-state index is 12.2. The Morgan fingerprint density at radius 3 is 2.61 bits per heavy atom. The van der Waals surface area contributed by atoms with Gasteiger partial charge in [0.05, 0.1) is 17.3 Å². The standard InChI is InChI=1S/C12H16O5S/c13-12(14)11-9(6-7-17-11)8-18(15,16)10-4-2-1-3-5-10/h6-7,10H,1-5,8H2,(H,13,14). The third-order valence-corrected chi connectivity index (χ3v) is 5.56. The van der Waals surface area contributed by atoms with Crippen molar-refractivity contribution in [2.45, 2.75) is 43.1 Å². The van der Waals surface area contributed by atoms with Crippen LogP contribution in [0, 0.1) is 0 Å². The highest BCUT2D eigenvalue weighted by molar-refractivity contribution is 7.91. The number of rotatable bonds is 4. The molecule has 6 heteroatoms. The van der Waals surface area contributed by atoms with Crippen molar-refractivity contribution < 1.29 is 22.7 Å². The molecule has 1 N–H and O–H groups in total. The van der Waals surface area contributed by atoms with E-state index in [2.05, 4.69) is 0 Å². The lowest BCUT2D eigenvalue weighted by Gasteiger charge is -2.21. The summed E-state index contributed by atoms with van der Waals surface area (Å²) in [5.41, 5.74) is 0.244. The molecule has 0 saturated heterocycles. The molecule has 0 aliphatic heterocycles. The summed E-state index contributed by atoms with van der Waals surface area (Å²) < 4.78 is 29.2. The minimum Gasteiger partial charge on any atom is -0.475 e. The Hall–Kier alpha value is -1.30. The summed E-state index contributed by atoms with van der Waals surface area (Å²) in [6.45, 7) is 0. The summed E-state index contributed by atoms with van der Waals surface area (Å²) in [6.07, 6.45) is 5.53. The van der Waals surface area contributed by atoms with Crippen LogP contribution in [0.25, 0.3) is 0 Å². The third kappa shape index (κ3) is 2.75. The van der Waals surface area contributed by atoms with E-state index in [0.29, 0.717) is 12.8 Å². The summed E-state index contributed by atoms with van der Waals surface area (Å²) >= 11 is 0. The Kier molecular flexibility index (Phi) is 3.75. The fourth-order valence-electron chi connectivity index (χ4n) is 2.40. The maximum Gasteiger partial charge on any atom is 0.372 e. The van der Waals surface area contributed by atoms with Gasteiger partial charge in [0.2, 0.25) is 5.76 Å². The molecular formula is C12H16O5S. The Labute approximate surface area is 106 Å². The first-order chi connectivity index (χ1) is 8.50. The molecule has 0 aromatic carbocycles. The highest BCUT2D eigenvalue weighted by Gasteiger charge is 2.29. The molecule has 1 heterocycles. The number of sulfone groups is 1. The monoisotopic (exact) mass is 272 g/mol. The summed E-state index contributed by atoms with van der Waals surface area (Å²) in [6, 6.07) is 1.42. The van der Waals surface area contributed by atoms with Crippen molar-refractivity contribution in [2.24, 2.45) is 0 Å². The predicted molar refractivity (Wildman–Crippen MR) is 65.2 cm³/mol. The molecule has 18 heavy (non-hydrogen) atoms. The van der Waals surface area contributed by atoms with Crippen LogP contribution in [0.1, 0.15) is 48.2 Å². The smallest absolute Gasteiger partial charge is 0.372 e. The van der Waals surface area contributed by atoms with Gasteiger partial charge >= 0.3 is 5.97 Å². The van der Waals surface area contributed by atoms with E-state index in [4.69, 9.17) is 9.52 Å². The van der Waals surface area contributed by atoms with Gasteiger partial charge in [0.25, 0.3) is 0 Å². The van der Waals surface area contributed by atoms with Gasteiger partial charge in [0, 0.05) is 5.56 Å². The molecule has 0 atom stereocenters. The summed E-state index contributed by atoms with van der Waals surface area (Å²) in [7, 11) is -3.29. The zero-order valence-corrected chi connectivity index (χ0v) is 10.8. The largest absolute Gasteiger partial charge is 0.475 e. The fourth-order valence-corrected chi connectivity index (χ4v) is 4.34. The number of hydrogen-bond donors (Lipinski definition) is 1. The molecular weight excluding hydrogens is 256 g/mol. The van der Waals surface area contributed by atoms with Gasteiger partial charge in [0.1, 0.15) is 0 Å². The molecule has 0 bridgehead atoms. The van der Waals surface area contributed by atoms with Crippen LogP contribution in [-0.4, -0.2) is 24.7 Å². The van der Waals surface area contributed by atoms with Gasteiger partial charge in [0.15, 0.2) is 9.84 Å². The van der Waals surface area contributed by atoms with Gasteiger partial charge in [-0.3, -0.25) is 0 Å². The van der Waals surface area contributed by atoms with Gasteiger partial charge in [-0.1, -0.05) is 19.3 Å². The van der Waals surface area contributed by atoms with Crippen LogP contribution in [0.5, 0.6) is 0 Å². The molecule has 1 aromatic heterocycles. The van der Waals surface area contributed by atoms with Crippen LogP contribution in [-0.2, 0) is 15.6 Å². The summed E-state index contributed by atoms with van der Waals surface area (Å²) in [5, 5.41) is 8.54. The van der Waals surface area contributed by atoms with E-state index in [1.165, 1.54) is 12.3 Å². The second-order valence-corrected chi connectivity index (χ2v) is 6.93. The average Bonchev–Trinajstić information content (AvgIpc) is 2.78. The van der Waals surface area contributed by atoms with Crippen LogP contribution in [0.2, 0.25) is 0 Å². The van der Waals surface area contributed by atoms with Gasteiger partial charge in [-0.2, -0.15) is 0 Å². The number of carbonyl (C=O) groups is 1. The molecule has 1 fully saturated rings. The predicted octanol–water partition coefficient (Wildman–Crippen LogP) is 2.23. The molecule has 1 saturated carbocycles. The molecule has 1 aromatic rings. The van der Waals surface area contributed by atoms with Crippen molar-refractivity contribution in [1.29, 1.82) is 0 Å². The van der Waals surface area contributed by atoms with Crippen molar-refractivity contribution in [1.82, 2.24) is 0 Å². The zero-order chi connectivity index (χ0) is 13.2. The van der Waals surface area contributed by atoms with Gasteiger partial charge < -0.3 is 9.52 Å². The number of carboxylic acids is 1. The molecule has 0 amide bonds. The van der Waals surface area contributed by atoms with E-state index in [1.807, 2.05) is 0 Å². The van der Waals surface area contributed by atoms with E-state index in [1.54, 1.807) is 0 Å². The topological polar surface area (TPSA) is 84.6 Å². The molecule has 0 spiro atoms. The minimum absolute atomic E-state index is 0.240. The van der Waals surface area contributed by atoms with E-state index in [9.17, 15) is 13.2 Å². The number of furan rings is 1. The first-order valence-corrected chi connectivity index (χ1v) is 7.73. The number of hydrogen-bond acceptors (Lipinski definition) is 4. The van der Waals surface area contributed by atoms with Crippen LogP contribution in [0.15, 0.2) is 16.7 Å². The quantitative estimate of drug-likeness (QED) is 0.908. The number of aromatic carboxylic acids is 1. The van der Waals surface area contributed by atoms with Crippen LogP contribution in [0.4, 0.5) is 0 Å². The Morgan fingerprint density at radius 2 is 2.00 bits per heavy atom. The Morgan fingerprint density at radius 1 is 1.33 bits per heavy atom. The van der Waals surface area contributed by atoms with Gasteiger partial charge in [-0.05, 0) is 18.9 Å². The van der Waals surface area contributed by atoms with Crippen molar-refractivity contribution >= 4 is 15.8 Å². The van der Waals surface area contributed by atoms with E-state index < -0.39 is 15.8 Å². The van der Waals surface area contributed by atoms with E-state index >= 15 is 0 Å². The SMILES string of the molecule is O=C(O)c1occc1CS(=O)(=O)C1CCCCC1. The van der Waals surface area contributed by atoms with Crippen molar-refractivity contribution in [3.05, 3.63) is 23.7 Å². The minimum atomic E-state index is -3.29. The number of carboxylic acid groups (broad SMARTS) is 1. The normalized spacial score (nSPS) is 17.8. The van der Waals surface area contributed by atoms with Crippen LogP contribution < -0.4 is 0 Å². The Bertz CT molecular complexity index is 522. The highest BCUT2D eigenvalue weighted by atomic mass is 32.2.